The second-order valence-corrected chi connectivity index (χ2v) is 7.42. The normalized spacial score (nSPS) is 14.9. The van der Waals surface area contributed by atoms with Gasteiger partial charge in [0.05, 0.1) is 6.54 Å². The van der Waals surface area contributed by atoms with Gasteiger partial charge in [-0.3, -0.25) is 14.5 Å². The van der Waals surface area contributed by atoms with Crippen molar-refractivity contribution in [3.63, 3.8) is 0 Å². The van der Waals surface area contributed by atoms with E-state index in [-0.39, 0.29) is 11.8 Å². The molecule has 1 aliphatic heterocycles. The van der Waals surface area contributed by atoms with Gasteiger partial charge in [0.2, 0.25) is 5.91 Å². The Hall–Kier alpha value is -2.60. The van der Waals surface area contributed by atoms with Crippen LogP contribution in [0.1, 0.15) is 35.1 Å². The van der Waals surface area contributed by atoms with Crippen LogP contribution in [0.4, 0.5) is 0 Å². The van der Waals surface area contributed by atoms with E-state index in [1.165, 1.54) is 11.4 Å². The number of carbonyl (C=O) groups is 2. The third kappa shape index (κ3) is 4.62. The molecule has 6 heteroatoms. The van der Waals surface area contributed by atoms with Gasteiger partial charge in [0.25, 0.3) is 5.91 Å². The Morgan fingerprint density at radius 3 is 2.11 bits per heavy atom. The molecule has 150 valence electrons. The van der Waals surface area contributed by atoms with Crippen LogP contribution < -0.4 is 5.32 Å². The lowest BCUT2D eigenvalue weighted by molar-refractivity contribution is -0.122. The largest absolute Gasteiger partial charge is 0.355 e. The number of hydrogen-bond acceptors (Lipinski definition) is 3. The van der Waals surface area contributed by atoms with Crippen LogP contribution in [0, 0.1) is 13.8 Å². The predicted molar refractivity (Wildman–Crippen MR) is 111 cm³/mol. The first-order chi connectivity index (χ1) is 13.5. The minimum atomic E-state index is 0.0579. The molecule has 1 aliphatic rings. The van der Waals surface area contributed by atoms with Crippen molar-refractivity contribution in [3.8, 4) is 5.69 Å². The molecular formula is C22H30N4O2. The van der Waals surface area contributed by atoms with E-state index >= 15 is 0 Å². The summed E-state index contributed by atoms with van der Waals surface area (Å²) in [6.07, 6.45) is 0.941. The SMILES string of the molecule is CCCNC(=O)CN1CCN(C(=O)c2ccc(-n3c(C)ccc3C)cc2)CC1. The van der Waals surface area contributed by atoms with Crippen LogP contribution in [-0.4, -0.2) is 65.4 Å². The molecule has 1 aromatic carbocycles. The Morgan fingerprint density at radius 2 is 1.54 bits per heavy atom. The molecule has 2 amide bonds. The molecule has 2 aromatic rings. The van der Waals surface area contributed by atoms with Crippen LogP contribution in [0.2, 0.25) is 0 Å². The smallest absolute Gasteiger partial charge is 0.253 e. The van der Waals surface area contributed by atoms with Crippen molar-refractivity contribution in [3.05, 3.63) is 53.3 Å². The highest BCUT2D eigenvalue weighted by Crippen LogP contribution is 2.18. The monoisotopic (exact) mass is 382 g/mol. The van der Waals surface area contributed by atoms with Gasteiger partial charge in [-0.05, 0) is 56.7 Å². The molecule has 0 unspecified atom stereocenters. The Balaban J connectivity index is 1.56. The number of piperazine rings is 1. The van der Waals surface area contributed by atoms with Crippen molar-refractivity contribution in [1.82, 2.24) is 19.7 Å². The van der Waals surface area contributed by atoms with E-state index in [2.05, 4.69) is 40.8 Å². The molecule has 2 heterocycles. The zero-order valence-corrected chi connectivity index (χ0v) is 17.1. The number of nitrogens with one attached hydrogen (secondary N) is 1. The first-order valence-electron chi connectivity index (χ1n) is 10.0. The first kappa shape index (κ1) is 20.1. The summed E-state index contributed by atoms with van der Waals surface area (Å²) in [4.78, 5) is 28.7. The molecule has 0 radical (unpaired) electrons. The Bertz CT molecular complexity index is 798. The van der Waals surface area contributed by atoms with E-state index in [0.29, 0.717) is 25.2 Å². The van der Waals surface area contributed by atoms with Crippen LogP contribution >= 0.6 is 0 Å². The Labute approximate surface area is 167 Å². The second kappa shape index (κ2) is 9.06. The molecule has 0 aliphatic carbocycles. The third-order valence-electron chi connectivity index (χ3n) is 5.24. The number of aryl methyl sites for hydroxylation is 2. The van der Waals surface area contributed by atoms with E-state index in [1.807, 2.05) is 36.1 Å². The molecule has 28 heavy (non-hydrogen) atoms. The first-order valence-corrected chi connectivity index (χ1v) is 10.0. The fourth-order valence-electron chi connectivity index (χ4n) is 3.64. The number of nitrogens with zero attached hydrogens (tertiary/aromatic N) is 3. The number of carbonyl (C=O) groups excluding carboxylic acids is 2. The summed E-state index contributed by atoms with van der Waals surface area (Å²) >= 11 is 0. The van der Waals surface area contributed by atoms with Crippen molar-refractivity contribution < 1.29 is 9.59 Å². The maximum absolute atomic E-state index is 12.8. The van der Waals surface area contributed by atoms with Crippen LogP contribution in [0.3, 0.4) is 0 Å². The summed E-state index contributed by atoms with van der Waals surface area (Å²) in [7, 11) is 0. The molecule has 1 saturated heterocycles. The Kier molecular flexibility index (Phi) is 6.52. The number of aromatic nitrogens is 1. The molecule has 0 spiro atoms. The van der Waals surface area contributed by atoms with Crippen molar-refractivity contribution in [2.24, 2.45) is 0 Å². The molecule has 3 rings (SSSR count). The minimum absolute atomic E-state index is 0.0579. The molecule has 0 saturated carbocycles. The van der Waals surface area contributed by atoms with Gasteiger partial charge in [0.1, 0.15) is 0 Å². The minimum Gasteiger partial charge on any atom is -0.355 e. The fourth-order valence-corrected chi connectivity index (χ4v) is 3.64. The maximum atomic E-state index is 12.8. The van der Waals surface area contributed by atoms with Crippen LogP contribution in [-0.2, 0) is 4.79 Å². The topological polar surface area (TPSA) is 57.6 Å². The predicted octanol–water partition coefficient (Wildman–Crippen LogP) is 2.38. The van der Waals surface area contributed by atoms with Gasteiger partial charge < -0.3 is 14.8 Å². The average molecular weight is 383 g/mol. The molecule has 1 fully saturated rings. The summed E-state index contributed by atoms with van der Waals surface area (Å²) in [5.41, 5.74) is 4.13. The van der Waals surface area contributed by atoms with E-state index in [9.17, 15) is 9.59 Å². The quantitative estimate of drug-likeness (QED) is 0.835. The molecule has 0 atom stereocenters. The molecule has 1 aromatic heterocycles. The lowest BCUT2D eigenvalue weighted by atomic mass is 10.1. The van der Waals surface area contributed by atoms with Crippen molar-refractivity contribution in [2.45, 2.75) is 27.2 Å². The highest BCUT2D eigenvalue weighted by molar-refractivity contribution is 5.94. The standard InChI is InChI=1S/C22H30N4O2/c1-4-11-23-21(27)16-24-12-14-25(15-13-24)22(28)19-7-9-20(10-8-19)26-17(2)5-6-18(26)3/h5-10H,4,11-16H2,1-3H3,(H,23,27). The van der Waals surface area contributed by atoms with Gasteiger partial charge in [-0.25, -0.2) is 0 Å². The van der Waals surface area contributed by atoms with Gasteiger partial charge >= 0.3 is 0 Å². The van der Waals surface area contributed by atoms with Crippen molar-refractivity contribution >= 4 is 11.8 Å². The van der Waals surface area contributed by atoms with Crippen molar-refractivity contribution in [1.29, 1.82) is 0 Å². The van der Waals surface area contributed by atoms with Gasteiger partial charge in [0.15, 0.2) is 0 Å². The van der Waals surface area contributed by atoms with Crippen molar-refractivity contribution in [2.75, 3.05) is 39.3 Å². The number of hydrogen-bond donors (Lipinski definition) is 1. The summed E-state index contributed by atoms with van der Waals surface area (Å²) in [5, 5.41) is 2.90. The molecule has 0 bridgehead atoms. The molecular weight excluding hydrogens is 352 g/mol. The zero-order valence-electron chi connectivity index (χ0n) is 17.1. The highest BCUT2D eigenvalue weighted by Gasteiger charge is 2.23. The Morgan fingerprint density at radius 1 is 0.929 bits per heavy atom. The van der Waals surface area contributed by atoms with E-state index < -0.39 is 0 Å². The van der Waals surface area contributed by atoms with Crippen LogP contribution in [0.5, 0.6) is 0 Å². The van der Waals surface area contributed by atoms with E-state index in [1.54, 1.807) is 0 Å². The maximum Gasteiger partial charge on any atom is 0.253 e. The molecule has 1 N–H and O–H groups in total. The third-order valence-corrected chi connectivity index (χ3v) is 5.24. The van der Waals surface area contributed by atoms with Gasteiger partial charge in [0, 0.05) is 55.4 Å². The lowest BCUT2D eigenvalue weighted by Gasteiger charge is -2.34. The number of benzene rings is 1. The summed E-state index contributed by atoms with van der Waals surface area (Å²) in [6.45, 7) is 10.1. The number of amides is 2. The summed E-state index contributed by atoms with van der Waals surface area (Å²) < 4.78 is 2.18. The average Bonchev–Trinajstić information content (AvgIpc) is 3.05. The fraction of sp³-hybridized carbons (Fsp3) is 0.455. The van der Waals surface area contributed by atoms with Crippen LogP contribution in [0.15, 0.2) is 36.4 Å². The number of rotatable bonds is 6. The van der Waals surface area contributed by atoms with Crippen LogP contribution in [0.25, 0.3) is 5.69 Å². The highest BCUT2D eigenvalue weighted by atomic mass is 16.2. The summed E-state index contributed by atoms with van der Waals surface area (Å²) in [5.74, 6) is 0.121. The van der Waals surface area contributed by atoms with E-state index in [0.717, 1.165) is 31.7 Å². The second-order valence-electron chi connectivity index (χ2n) is 7.42. The summed E-state index contributed by atoms with van der Waals surface area (Å²) in [6, 6.07) is 12.0. The van der Waals surface area contributed by atoms with Gasteiger partial charge in [-0.2, -0.15) is 0 Å². The van der Waals surface area contributed by atoms with E-state index in [4.69, 9.17) is 0 Å². The van der Waals surface area contributed by atoms with Gasteiger partial charge in [-0.15, -0.1) is 0 Å². The zero-order chi connectivity index (χ0) is 20.1. The lowest BCUT2D eigenvalue weighted by Crippen LogP contribution is -2.51. The molecule has 6 nitrogen and oxygen atoms in total. The van der Waals surface area contributed by atoms with Gasteiger partial charge in [-0.1, -0.05) is 6.92 Å².